The number of para-hydroxylation sites is 1. The molecule has 1 saturated heterocycles. The highest BCUT2D eigenvalue weighted by atomic mass is 32.2. The average molecular weight is 572 g/mol. The molecular formula is C30H25N3O5S2. The third kappa shape index (κ3) is 5.41. The molecule has 40 heavy (non-hydrogen) atoms. The third-order valence-electron chi connectivity index (χ3n) is 6.44. The first-order valence-corrected chi connectivity index (χ1v) is 13.8. The molecule has 0 bridgehead atoms. The number of thioether (sulfide) groups is 1. The Hall–Kier alpha value is -4.28. The molecular weight excluding hydrogens is 546 g/mol. The van der Waals surface area contributed by atoms with Gasteiger partial charge in [0.25, 0.3) is 11.8 Å². The number of hydrogen-bond acceptors (Lipinski definition) is 7. The van der Waals surface area contributed by atoms with E-state index in [0.29, 0.717) is 33.4 Å². The summed E-state index contributed by atoms with van der Waals surface area (Å²) in [6.07, 6.45) is 0. The fraction of sp³-hybridized carbons (Fsp3) is 0.167. The molecule has 1 N–H and O–H groups in total. The number of carbonyl (C=O) groups is 4. The van der Waals surface area contributed by atoms with Gasteiger partial charge in [-0.05, 0) is 49.7 Å². The van der Waals surface area contributed by atoms with Crippen molar-refractivity contribution in [2.75, 3.05) is 23.4 Å². The summed E-state index contributed by atoms with van der Waals surface area (Å²) in [6.45, 7) is 4.02. The molecule has 0 radical (unpaired) electrons. The van der Waals surface area contributed by atoms with E-state index in [4.69, 9.17) is 17.0 Å². The molecule has 3 aromatic rings. The van der Waals surface area contributed by atoms with Gasteiger partial charge in [0.05, 0.1) is 34.9 Å². The average Bonchev–Trinajstić information content (AvgIpc) is 3.37. The van der Waals surface area contributed by atoms with Crippen LogP contribution in [-0.2, 0) is 25.7 Å². The number of rotatable bonds is 7. The van der Waals surface area contributed by atoms with Gasteiger partial charge >= 0.3 is 5.97 Å². The number of ether oxygens (including phenoxy) is 1. The highest BCUT2D eigenvalue weighted by Gasteiger charge is 2.42. The van der Waals surface area contributed by atoms with E-state index in [2.05, 4.69) is 5.32 Å². The summed E-state index contributed by atoms with van der Waals surface area (Å²) in [6, 6.07) is 21.2. The lowest BCUT2D eigenvalue weighted by Gasteiger charge is -2.17. The van der Waals surface area contributed by atoms with Crippen LogP contribution in [0.5, 0.6) is 0 Å². The van der Waals surface area contributed by atoms with E-state index >= 15 is 0 Å². The lowest BCUT2D eigenvalue weighted by molar-refractivity contribution is -0.122. The van der Waals surface area contributed by atoms with Crippen molar-refractivity contribution in [1.82, 2.24) is 4.90 Å². The Morgan fingerprint density at radius 3 is 2.33 bits per heavy atom. The van der Waals surface area contributed by atoms with Crippen LogP contribution < -0.4 is 10.2 Å². The van der Waals surface area contributed by atoms with Crippen LogP contribution in [0, 0.1) is 6.92 Å². The van der Waals surface area contributed by atoms with Crippen molar-refractivity contribution in [3.63, 3.8) is 0 Å². The van der Waals surface area contributed by atoms with Crippen molar-refractivity contribution >= 4 is 68.9 Å². The van der Waals surface area contributed by atoms with E-state index < -0.39 is 17.8 Å². The molecule has 0 spiro atoms. The number of benzene rings is 3. The highest BCUT2D eigenvalue weighted by Crippen LogP contribution is 2.44. The van der Waals surface area contributed by atoms with Gasteiger partial charge in [-0.15, -0.1) is 0 Å². The minimum Gasteiger partial charge on any atom is -0.462 e. The van der Waals surface area contributed by atoms with Gasteiger partial charge in [0.1, 0.15) is 10.9 Å². The Morgan fingerprint density at radius 1 is 0.925 bits per heavy atom. The van der Waals surface area contributed by atoms with Crippen molar-refractivity contribution < 1.29 is 23.9 Å². The third-order valence-corrected chi connectivity index (χ3v) is 7.89. The van der Waals surface area contributed by atoms with E-state index in [1.54, 1.807) is 55.5 Å². The van der Waals surface area contributed by atoms with E-state index in [1.807, 2.05) is 31.2 Å². The second-order valence-electron chi connectivity index (χ2n) is 9.20. The molecule has 2 heterocycles. The van der Waals surface area contributed by atoms with E-state index in [1.165, 1.54) is 9.80 Å². The van der Waals surface area contributed by atoms with Crippen LogP contribution in [0.4, 0.5) is 11.4 Å². The largest absolute Gasteiger partial charge is 0.462 e. The zero-order valence-electron chi connectivity index (χ0n) is 21.8. The number of hydrogen-bond donors (Lipinski definition) is 1. The van der Waals surface area contributed by atoms with Gasteiger partial charge in [-0.3, -0.25) is 24.2 Å². The molecule has 202 valence electrons. The molecule has 2 aliphatic rings. The number of nitrogens with one attached hydrogen (secondary N) is 1. The smallest absolute Gasteiger partial charge is 0.338 e. The first-order chi connectivity index (χ1) is 19.3. The number of fused-ring (bicyclic) bond motifs is 1. The normalized spacial score (nSPS) is 16.4. The fourth-order valence-electron chi connectivity index (χ4n) is 4.47. The molecule has 0 unspecified atom stereocenters. The fourth-order valence-corrected chi connectivity index (χ4v) is 5.79. The molecule has 10 heteroatoms. The van der Waals surface area contributed by atoms with Gasteiger partial charge in [0.15, 0.2) is 0 Å². The monoisotopic (exact) mass is 571 g/mol. The van der Waals surface area contributed by atoms with Gasteiger partial charge in [0, 0.05) is 11.3 Å². The molecule has 2 aliphatic heterocycles. The summed E-state index contributed by atoms with van der Waals surface area (Å²) in [5, 5.41) is 2.75. The van der Waals surface area contributed by atoms with Crippen LogP contribution in [0.2, 0.25) is 0 Å². The van der Waals surface area contributed by atoms with Gasteiger partial charge < -0.3 is 10.1 Å². The van der Waals surface area contributed by atoms with Crippen LogP contribution in [0.15, 0.2) is 77.7 Å². The highest BCUT2D eigenvalue weighted by molar-refractivity contribution is 8.26. The first kappa shape index (κ1) is 27.3. The summed E-state index contributed by atoms with van der Waals surface area (Å²) in [4.78, 5) is 55.1. The Labute approximate surface area is 241 Å². The van der Waals surface area contributed by atoms with Crippen molar-refractivity contribution in [2.24, 2.45) is 0 Å². The topological polar surface area (TPSA) is 96.0 Å². The zero-order chi connectivity index (χ0) is 28.4. The molecule has 0 aromatic heterocycles. The maximum Gasteiger partial charge on any atom is 0.338 e. The van der Waals surface area contributed by atoms with Crippen LogP contribution in [0.1, 0.15) is 34.0 Å². The molecule has 3 aromatic carbocycles. The summed E-state index contributed by atoms with van der Waals surface area (Å²) >= 11 is 6.62. The van der Waals surface area contributed by atoms with E-state index in [9.17, 15) is 19.2 Å². The van der Waals surface area contributed by atoms with Gasteiger partial charge in [-0.2, -0.15) is 0 Å². The second-order valence-corrected chi connectivity index (χ2v) is 10.8. The minimum absolute atomic E-state index is 0.242. The summed E-state index contributed by atoms with van der Waals surface area (Å²) < 4.78 is 5.35. The lowest BCUT2D eigenvalue weighted by Crippen LogP contribution is -2.35. The predicted octanol–water partition coefficient (Wildman–Crippen LogP) is 4.93. The molecule has 0 atom stereocenters. The predicted molar refractivity (Wildman–Crippen MR) is 159 cm³/mol. The molecule has 0 aliphatic carbocycles. The Bertz CT molecular complexity index is 1560. The summed E-state index contributed by atoms with van der Waals surface area (Å²) in [5.74, 6) is -1.65. The van der Waals surface area contributed by atoms with Gasteiger partial charge in [-0.25, -0.2) is 4.79 Å². The molecule has 8 nitrogen and oxygen atoms in total. The number of carbonyl (C=O) groups excluding carboxylic acids is 4. The van der Waals surface area contributed by atoms with E-state index in [0.717, 1.165) is 22.9 Å². The summed E-state index contributed by atoms with van der Waals surface area (Å²) in [5.41, 5.74) is 4.24. The molecule has 1 fully saturated rings. The van der Waals surface area contributed by atoms with Gasteiger partial charge in [0.2, 0.25) is 5.91 Å². The van der Waals surface area contributed by atoms with Crippen LogP contribution in [-0.4, -0.2) is 46.1 Å². The van der Waals surface area contributed by atoms with Crippen LogP contribution in [0.3, 0.4) is 0 Å². The van der Waals surface area contributed by atoms with E-state index in [-0.39, 0.29) is 29.5 Å². The van der Waals surface area contributed by atoms with Crippen molar-refractivity contribution in [3.05, 3.63) is 100.0 Å². The molecule has 0 saturated carbocycles. The molecule has 3 amide bonds. The number of esters is 1. The Balaban J connectivity index is 1.36. The zero-order valence-corrected chi connectivity index (χ0v) is 23.4. The van der Waals surface area contributed by atoms with Crippen molar-refractivity contribution in [3.8, 4) is 0 Å². The number of nitrogens with zero attached hydrogens (tertiary/aromatic N) is 2. The maximum absolute atomic E-state index is 13.7. The van der Waals surface area contributed by atoms with Crippen molar-refractivity contribution in [1.29, 1.82) is 0 Å². The van der Waals surface area contributed by atoms with Crippen molar-refractivity contribution in [2.45, 2.75) is 20.4 Å². The standard InChI is InChI=1S/C30H25N3O5S2/c1-3-38-29(37)20-12-14-21(15-13-20)31-24(34)17-32-23-7-5-4-6-22(23)25(27(32)35)26-28(36)33(30(39)40-26)16-19-10-8-18(2)9-11-19/h4-15H,3,16-17H2,1-2H3,(H,31,34)/b26-25-. The molecule has 5 rings (SSSR count). The number of amides is 3. The second kappa shape index (κ2) is 11.4. The minimum atomic E-state index is -0.448. The Morgan fingerprint density at radius 2 is 1.62 bits per heavy atom. The number of aryl methyl sites for hydroxylation is 1. The number of thiocarbonyl (C=S) groups is 1. The van der Waals surface area contributed by atoms with Crippen LogP contribution >= 0.6 is 24.0 Å². The SMILES string of the molecule is CCOC(=O)c1ccc(NC(=O)CN2C(=O)/C(=C3\SC(=S)N(Cc4ccc(C)cc4)C3=O)c3ccccc32)cc1. The Kier molecular flexibility index (Phi) is 7.81. The lowest BCUT2D eigenvalue weighted by atomic mass is 10.1. The first-order valence-electron chi connectivity index (χ1n) is 12.6. The summed E-state index contributed by atoms with van der Waals surface area (Å²) in [7, 11) is 0. The van der Waals surface area contributed by atoms with Crippen LogP contribution in [0.25, 0.3) is 5.57 Å². The van der Waals surface area contributed by atoms with Gasteiger partial charge in [-0.1, -0.05) is 72.0 Å². The number of anilines is 2. The maximum atomic E-state index is 13.7. The quantitative estimate of drug-likeness (QED) is 0.244.